The number of benzene rings is 1. The molecule has 2 unspecified atom stereocenters. The molecule has 0 aromatic heterocycles. The van der Waals surface area contributed by atoms with Crippen LogP contribution >= 0.6 is 0 Å². The van der Waals surface area contributed by atoms with Crippen LogP contribution in [-0.2, 0) is 4.79 Å². The van der Waals surface area contributed by atoms with E-state index in [0.29, 0.717) is 5.92 Å². The van der Waals surface area contributed by atoms with E-state index in [1.54, 1.807) is 0 Å². The first-order valence-corrected chi connectivity index (χ1v) is 8.37. The molecule has 2 atom stereocenters. The Labute approximate surface area is 133 Å². The lowest BCUT2D eigenvalue weighted by Crippen LogP contribution is -2.53. The van der Waals surface area contributed by atoms with Gasteiger partial charge in [-0.05, 0) is 50.8 Å². The van der Waals surface area contributed by atoms with Gasteiger partial charge in [0.2, 0.25) is 0 Å². The van der Waals surface area contributed by atoms with Gasteiger partial charge in [-0.3, -0.25) is 9.80 Å². The highest BCUT2D eigenvalue weighted by molar-refractivity contribution is 5.56. The summed E-state index contributed by atoms with van der Waals surface area (Å²) in [5.74, 6) is 0.691. The lowest BCUT2D eigenvalue weighted by atomic mass is 9.86. The summed E-state index contributed by atoms with van der Waals surface area (Å²) in [5, 5.41) is 0. The van der Waals surface area contributed by atoms with Crippen molar-refractivity contribution in [3.63, 3.8) is 0 Å². The zero-order valence-electron chi connectivity index (χ0n) is 13.4. The van der Waals surface area contributed by atoms with Gasteiger partial charge < -0.3 is 10.5 Å². The molecule has 0 bridgehead atoms. The standard InChI is InChI=1S/C18H27N3O/c1-18(9-12-20(14-18)17(19)13-22)21-10-7-16(8-11-21)15-5-3-2-4-6-15/h2-6,13,16-17H,7-12,14,19H2,1H3. The molecule has 22 heavy (non-hydrogen) atoms. The van der Waals surface area contributed by atoms with Crippen LogP contribution in [0.5, 0.6) is 0 Å². The molecule has 4 heteroatoms. The average Bonchev–Trinajstić information content (AvgIpc) is 2.99. The van der Waals surface area contributed by atoms with E-state index in [9.17, 15) is 4.79 Å². The molecule has 0 aliphatic carbocycles. The third-order valence-electron chi connectivity index (χ3n) is 5.57. The lowest BCUT2D eigenvalue weighted by Gasteiger charge is -2.43. The molecular formula is C18H27N3O. The molecular weight excluding hydrogens is 274 g/mol. The predicted octanol–water partition coefficient (Wildman–Crippen LogP) is 1.81. The van der Waals surface area contributed by atoms with Crippen LogP contribution in [0.3, 0.4) is 0 Å². The maximum absolute atomic E-state index is 10.9. The number of rotatable bonds is 4. The highest BCUT2D eigenvalue weighted by atomic mass is 16.1. The fourth-order valence-electron chi connectivity index (χ4n) is 4.06. The minimum atomic E-state index is -0.441. The number of carbonyl (C=O) groups is 1. The van der Waals surface area contributed by atoms with Crippen molar-refractivity contribution in [2.45, 2.75) is 43.8 Å². The first-order chi connectivity index (χ1) is 10.6. The molecule has 0 saturated carbocycles. The van der Waals surface area contributed by atoms with E-state index in [1.165, 1.54) is 18.4 Å². The van der Waals surface area contributed by atoms with Gasteiger partial charge in [-0.2, -0.15) is 0 Å². The summed E-state index contributed by atoms with van der Waals surface area (Å²) in [6.07, 6.45) is 3.96. The fourth-order valence-corrected chi connectivity index (χ4v) is 4.06. The van der Waals surface area contributed by atoms with E-state index in [1.807, 2.05) is 0 Å². The molecule has 0 radical (unpaired) electrons. The van der Waals surface area contributed by atoms with Crippen LogP contribution in [0.15, 0.2) is 30.3 Å². The number of nitrogens with zero attached hydrogens (tertiary/aromatic N) is 2. The monoisotopic (exact) mass is 301 g/mol. The van der Waals surface area contributed by atoms with Crippen molar-refractivity contribution in [1.82, 2.24) is 9.80 Å². The minimum absolute atomic E-state index is 0.169. The number of piperidine rings is 1. The largest absolute Gasteiger partial charge is 0.310 e. The number of carbonyl (C=O) groups excluding carboxylic acids is 1. The summed E-state index contributed by atoms with van der Waals surface area (Å²) in [5.41, 5.74) is 7.51. The van der Waals surface area contributed by atoms with Crippen molar-refractivity contribution in [2.24, 2.45) is 5.73 Å². The molecule has 2 N–H and O–H groups in total. The summed E-state index contributed by atoms with van der Waals surface area (Å²) in [6, 6.07) is 10.9. The Hall–Kier alpha value is -1.23. The van der Waals surface area contributed by atoms with E-state index >= 15 is 0 Å². The number of hydrogen-bond acceptors (Lipinski definition) is 4. The highest BCUT2D eigenvalue weighted by Crippen LogP contribution is 2.35. The molecule has 1 aromatic rings. The van der Waals surface area contributed by atoms with Crippen molar-refractivity contribution in [2.75, 3.05) is 26.2 Å². The van der Waals surface area contributed by atoms with Gasteiger partial charge in [0.1, 0.15) is 6.17 Å². The van der Waals surface area contributed by atoms with Gasteiger partial charge in [0.15, 0.2) is 6.29 Å². The highest BCUT2D eigenvalue weighted by Gasteiger charge is 2.41. The van der Waals surface area contributed by atoms with E-state index in [2.05, 4.69) is 47.1 Å². The number of nitrogens with two attached hydrogens (primary N) is 1. The SMILES string of the molecule is CC1(N2CCC(c3ccccc3)CC2)CCN(C(N)C=O)C1. The van der Waals surface area contributed by atoms with Crippen LogP contribution in [0.1, 0.15) is 37.7 Å². The smallest absolute Gasteiger partial charge is 0.151 e. The molecule has 3 rings (SSSR count). The van der Waals surface area contributed by atoms with Crippen LogP contribution in [0.25, 0.3) is 0 Å². The summed E-state index contributed by atoms with van der Waals surface area (Å²) in [4.78, 5) is 15.6. The van der Waals surface area contributed by atoms with Crippen LogP contribution < -0.4 is 5.73 Å². The van der Waals surface area contributed by atoms with Crippen molar-refractivity contribution < 1.29 is 4.79 Å². The van der Waals surface area contributed by atoms with Crippen molar-refractivity contribution in [3.8, 4) is 0 Å². The second-order valence-corrected chi connectivity index (χ2v) is 7.02. The first kappa shape index (κ1) is 15.7. The Kier molecular flexibility index (Phi) is 4.62. The number of aldehydes is 1. The molecule has 0 amide bonds. The Balaban J connectivity index is 1.58. The summed E-state index contributed by atoms with van der Waals surface area (Å²) in [6.45, 7) is 6.44. The molecule has 0 spiro atoms. The van der Waals surface area contributed by atoms with Gasteiger partial charge in [-0.15, -0.1) is 0 Å². The maximum atomic E-state index is 10.9. The molecule has 2 saturated heterocycles. The van der Waals surface area contributed by atoms with Gasteiger partial charge in [0, 0.05) is 18.6 Å². The molecule has 4 nitrogen and oxygen atoms in total. The van der Waals surface area contributed by atoms with E-state index in [-0.39, 0.29) is 5.54 Å². The van der Waals surface area contributed by atoms with Crippen molar-refractivity contribution in [3.05, 3.63) is 35.9 Å². The normalized spacial score (nSPS) is 29.5. The van der Waals surface area contributed by atoms with Crippen LogP contribution in [-0.4, -0.2) is 54.0 Å². The molecule has 120 valence electrons. The Morgan fingerprint density at radius 3 is 2.55 bits per heavy atom. The van der Waals surface area contributed by atoms with Crippen molar-refractivity contribution in [1.29, 1.82) is 0 Å². The Bertz CT molecular complexity index is 498. The molecule has 1 aromatic carbocycles. The predicted molar refractivity (Wildman–Crippen MR) is 88.6 cm³/mol. The van der Waals surface area contributed by atoms with Gasteiger partial charge >= 0.3 is 0 Å². The van der Waals surface area contributed by atoms with Crippen LogP contribution in [0, 0.1) is 0 Å². The quantitative estimate of drug-likeness (QED) is 0.862. The minimum Gasteiger partial charge on any atom is -0.310 e. The second kappa shape index (κ2) is 6.49. The second-order valence-electron chi connectivity index (χ2n) is 7.02. The fraction of sp³-hybridized carbons (Fsp3) is 0.611. The zero-order valence-corrected chi connectivity index (χ0v) is 13.4. The van der Waals surface area contributed by atoms with Gasteiger partial charge in [-0.25, -0.2) is 0 Å². The van der Waals surface area contributed by atoms with E-state index < -0.39 is 6.17 Å². The third-order valence-corrected chi connectivity index (χ3v) is 5.57. The number of hydrogen-bond donors (Lipinski definition) is 1. The Morgan fingerprint density at radius 2 is 1.91 bits per heavy atom. The average molecular weight is 301 g/mol. The van der Waals surface area contributed by atoms with E-state index in [0.717, 1.165) is 38.9 Å². The molecule has 2 heterocycles. The van der Waals surface area contributed by atoms with Gasteiger partial charge in [0.05, 0.1) is 0 Å². The Morgan fingerprint density at radius 1 is 1.23 bits per heavy atom. The zero-order chi connectivity index (χ0) is 15.6. The molecule has 2 aliphatic rings. The maximum Gasteiger partial charge on any atom is 0.151 e. The first-order valence-electron chi connectivity index (χ1n) is 8.37. The van der Waals surface area contributed by atoms with Crippen LogP contribution in [0.2, 0.25) is 0 Å². The van der Waals surface area contributed by atoms with Crippen LogP contribution in [0.4, 0.5) is 0 Å². The van der Waals surface area contributed by atoms with Gasteiger partial charge in [0.25, 0.3) is 0 Å². The summed E-state index contributed by atoms with van der Waals surface area (Å²) >= 11 is 0. The van der Waals surface area contributed by atoms with E-state index in [4.69, 9.17) is 5.73 Å². The third kappa shape index (κ3) is 3.09. The summed E-state index contributed by atoms with van der Waals surface area (Å²) in [7, 11) is 0. The molecule has 2 aliphatic heterocycles. The molecule has 2 fully saturated rings. The lowest BCUT2D eigenvalue weighted by molar-refractivity contribution is -0.112. The summed E-state index contributed by atoms with van der Waals surface area (Å²) < 4.78 is 0. The number of likely N-dealkylation sites (tertiary alicyclic amines) is 2. The van der Waals surface area contributed by atoms with Gasteiger partial charge in [-0.1, -0.05) is 30.3 Å². The van der Waals surface area contributed by atoms with Crippen molar-refractivity contribution >= 4 is 6.29 Å². The topological polar surface area (TPSA) is 49.6 Å².